The first kappa shape index (κ1) is 16.2. The minimum Gasteiger partial charge on any atom is -0.458 e. The van der Waals surface area contributed by atoms with E-state index in [2.05, 4.69) is 5.32 Å². The van der Waals surface area contributed by atoms with Crippen LogP contribution in [0, 0.1) is 6.92 Å². The third-order valence-corrected chi connectivity index (χ3v) is 2.58. The Bertz CT molecular complexity index is 489. The van der Waals surface area contributed by atoms with Crippen molar-refractivity contribution in [2.24, 2.45) is 0 Å². The zero-order valence-electron chi connectivity index (χ0n) is 12.8. The van der Waals surface area contributed by atoms with Gasteiger partial charge in [-0.05, 0) is 40.2 Å². The van der Waals surface area contributed by atoms with Gasteiger partial charge in [0.15, 0.2) is 0 Å². The maximum Gasteiger partial charge on any atom is 0.328 e. The molecule has 0 saturated carbocycles. The molecule has 20 heavy (non-hydrogen) atoms. The number of carbonyl (C=O) groups excluding carboxylic acids is 2. The number of carbonyl (C=O) groups is 2. The molecule has 0 fully saturated rings. The molecule has 4 heteroatoms. The molecular weight excluding hydrogens is 254 g/mol. The van der Waals surface area contributed by atoms with Crippen LogP contribution in [-0.2, 0) is 20.7 Å². The molecule has 0 aliphatic carbocycles. The summed E-state index contributed by atoms with van der Waals surface area (Å²) in [5.74, 6) is -0.607. The van der Waals surface area contributed by atoms with Crippen LogP contribution in [0.1, 0.15) is 38.8 Å². The van der Waals surface area contributed by atoms with E-state index in [9.17, 15) is 9.59 Å². The zero-order chi connectivity index (χ0) is 15.3. The zero-order valence-corrected chi connectivity index (χ0v) is 12.8. The van der Waals surface area contributed by atoms with Gasteiger partial charge in [0.1, 0.15) is 11.6 Å². The summed E-state index contributed by atoms with van der Waals surface area (Å²) in [4.78, 5) is 23.6. The van der Waals surface area contributed by atoms with Crippen molar-refractivity contribution < 1.29 is 14.3 Å². The standard InChI is InChI=1S/C16H23NO3/c1-11-7-6-8-13(9-11)10-14(18)17-12(2)15(19)20-16(3,4)5/h6-9,12H,10H2,1-5H3,(H,17,18)/t12-/m0/s1. The molecule has 0 aliphatic heterocycles. The maximum atomic E-state index is 11.9. The van der Waals surface area contributed by atoms with E-state index in [0.717, 1.165) is 11.1 Å². The van der Waals surface area contributed by atoms with Gasteiger partial charge >= 0.3 is 5.97 Å². The van der Waals surface area contributed by atoms with Crippen LogP contribution in [0.25, 0.3) is 0 Å². The Kier molecular flexibility index (Phi) is 5.31. The van der Waals surface area contributed by atoms with Crippen molar-refractivity contribution in [1.82, 2.24) is 5.32 Å². The van der Waals surface area contributed by atoms with Gasteiger partial charge in [-0.1, -0.05) is 29.8 Å². The van der Waals surface area contributed by atoms with E-state index >= 15 is 0 Å². The first-order chi connectivity index (χ1) is 9.17. The second-order valence-electron chi connectivity index (χ2n) is 5.99. The molecule has 0 aliphatic rings. The highest BCUT2D eigenvalue weighted by atomic mass is 16.6. The van der Waals surface area contributed by atoms with Crippen molar-refractivity contribution in [3.8, 4) is 0 Å². The fourth-order valence-electron chi connectivity index (χ4n) is 1.75. The fraction of sp³-hybridized carbons (Fsp3) is 0.500. The lowest BCUT2D eigenvalue weighted by atomic mass is 10.1. The van der Waals surface area contributed by atoms with Crippen molar-refractivity contribution in [3.63, 3.8) is 0 Å². The molecule has 0 saturated heterocycles. The molecule has 1 amide bonds. The predicted octanol–water partition coefficient (Wildman–Crippen LogP) is 2.38. The highest BCUT2D eigenvalue weighted by Crippen LogP contribution is 2.09. The fourth-order valence-corrected chi connectivity index (χ4v) is 1.75. The van der Waals surface area contributed by atoms with E-state index in [1.165, 1.54) is 0 Å². The summed E-state index contributed by atoms with van der Waals surface area (Å²) < 4.78 is 5.22. The molecular formula is C16H23NO3. The van der Waals surface area contributed by atoms with Gasteiger partial charge in [-0.25, -0.2) is 4.79 Å². The van der Waals surface area contributed by atoms with Crippen molar-refractivity contribution >= 4 is 11.9 Å². The molecule has 1 rings (SSSR count). The monoisotopic (exact) mass is 277 g/mol. The smallest absolute Gasteiger partial charge is 0.328 e. The normalized spacial score (nSPS) is 12.7. The largest absolute Gasteiger partial charge is 0.458 e. The first-order valence-corrected chi connectivity index (χ1v) is 6.75. The number of nitrogens with one attached hydrogen (secondary N) is 1. The van der Waals surface area contributed by atoms with Gasteiger partial charge in [-0.2, -0.15) is 0 Å². The van der Waals surface area contributed by atoms with Crippen LogP contribution >= 0.6 is 0 Å². The van der Waals surface area contributed by atoms with Gasteiger partial charge in [-0.15, -0.1) is 0 Å². The Morgan fingerprint density at radius 1 is 1.30 bits per heavy atom. The van der Waals surface area contributed by atoms with Crippen molar-refractivity contribution in [3.05, 3.63) is 35.4 Å². The van der Waals surface area contributed by atoms with Gasteiger partial charge in [0.2, 0.25) is 5.91 Å². The Morgan fingerprint density at radius 3 is 2.50 bits per heavy atom. The molecule has 110 valence electrons. The Balaban J connectivity index is 2.52. The Morgan fingerprint density at radius 2 is 1.95 bits per heavy atom. The van der Waals surface area contributed by atoms with Crippen molar-refractivity contribution in [2.75, 3.05) is 0 Å². The van der Waals surface area contributed by atoms with Crippen LogP contribution in [-0.4, -0.2) is 23.5 Å². The van der Waals surface area contributed by atoms with Gasteiger partial charge in [0.05, 0.1) is 6.42 Å². The van der Waals surface area contributed by atoms with Crippen LogP contribution in [0.3, 0.4) is 0 Å². The summed E-state index contributed by atoms with van der Waals surface area (Å²) in [6, 6.07) is 7.09. The van der Waals surface area contributed by atoms with E-state index in [-0.39, 0.29) is 12.3 Å². The Hall–Kier alpha value is -1.84. The highest BCUT2D eigenvalue weighted by Gasteiger charge is 2.22. The number of aryl methyl sites for hydroxylation is 1. The van der Waals surface area contributed by atoms with E-state index in [4.69, 9.17) is 4.74 Å². The van der Waals surface area contributed by atoms with Crippen LogP contribution in [0.2, 0.25) is 0 Å². The molecule has 1 aromatic rings. The van der Waals surface area contributed by atoms with Crippen LogP contribution in [0.15, 0.2) is 24.3 Å². The maximum absolute atomic E-state index is 11.9. The number of esters is 1. The lowest BCUT2D eigenvalue weighted by Crippen LogP contribution is -2.42. The number of rotatable bonds is 4. The molecule has 0 unspecified atom stereocenters. The summed E-state index contributed by atoms with van der Waals surface area (Å²) in [6.07, 6.45) is 0.259. The summed E-state index contributed by atoms with van der Waals surface area (Å²) in [5.41, 5.74) is 1.49. The third kappa shape index (κ3) is 5.87. The first-order valence-electron chi connectivity index (χ1n) is 6.75. The number of hydrogen-bond acceptors (Lipinski definition) is 3. The second kappa shape index (κ2) is 6.55. The predicted molar refractivity (Wildman–Crippen MR) is 78.3 cm³/mol. The van der Waals surface area contributed by atoms with E-state index < -0.39 is 17.6 Å². The summed E-state index contributed by atoms with van der Waals surface area (Å²) in [6.45, 7) is 9.00. The van der Waals surface area contributed by atoms with E-state index in [1.54, 1.807) is 27.7 Å². The molecule has 0 heterocycles. The summed E-state index contributed by atoms with van der Waals surface area (Å²) in [5, 5.41) is 2.66. The number of benzene rings is 1. The molecule has 4 nitrogen and oxygen atoms in total. The second-order valence-corrected chi connectivity index (χ2v) is 5.99. The molecule has 0 spiro atoms. The van der Waals surface area contributed by atoms with Crippen LogP contribution < -0.4 is 5.32 Å². The minimum atomic E-state index is -0.647. The molecule has 0 bridgehead atoms. The van der Waals surface area contributed by atoms with Crippen LogP contribution in [0.4, 0.5) is 0 Å². The third-order valence-electron chi connectivity index (χ3n) is 2.58. The summed E-state index contributed by atoms with van der Waals surface area (Å²) >= 11 is 0. The lowest BCUT2D eigenvalue weighted by molar-refractivity contribution is -0.158. The summed E-state index contributed by atoms with van der Waals surface area (Å²) in [7, 11) is 0. The number of hydrogen-bond donors (Lipinski definition) is 1. The number of amides is 1. The highest BCUT2D eigenvalue weighted by molar-refractivity contribution is 5.85. The average molecular weight is 277 g/mol. The minimum absolute atomic E-state index is 0.186. The molecule has 1 aromatic carbocycles. The molecule has 1 atom stereocenters. The van der Waals surface area contributed by atoms with Crippen molar-refractivity contribution in [1.29, 1.82) is 0 Å². The van der Waals surface area contributed by atoms with Crippen LogP contribution in [0.5, 0.6) is 0 Å². The quantitative estimate of drug-likeness (QED) is 0.860. The lowest BCUT2D eigenvalue weighted by Gasteiger charge is -2.22. The van der Waals surface area contributed by atoms with E-state index in [0.29, 0.717) is 0 Å². The molecule has 0 radical (unpaired) electrons. The molecule has 1 N–H and O–H groups in total. The van der Waals surface area contributed by atoms with Gasteiger partial charge < -0.3 is 10.1 Å². The van der Waals surface area contributed by atoms with E-state index in [1.807, 2.05) is 31.2 Å². The average Bonchev–Trinajstić information content (AvgIpc) is 2.26. The number of ether oxygens (including phenoxy) is 1. The van der Waals surface area contributed by atoms with Crippen molar-refractivity contribution in [2.45, 2.75) is 52.7 Å². The SMILES string of the molecule is Cc1cccc(CC(=O)N[C@@H](C)C(=O)OC(C)(C)C)c1. The topological polar surface area (TPSA) is 55.4 Å². The van der Waals surface area contributed by atoms with Gasteiger partial charge in [-0.3, -0.25) is 4.79 Å². The van der Waals surface area contributed by atoms with Gasteiger partial charge in [0, 0.05) is 0 Å². The van der Waals surface area contributed by atoms with Gasteiger partial charge in [0.25, 0.3) is 0 Å². The Labute approximate surface area is 120 Å². The molecule has 0 aromatic heterocycles.